The predicted molar refractivity (Wildman–Crippen MR) is 87.3 cm³/mol. The molecular formula is C14H13FN6O3S. The zero-order valence-corrected chi connectivity index (χ0v) is 14.0. The first-order chi connectivity index (χ1) is 11.7. The van der Waals surface area contributed by atoms with Gasteiger partial charge in [-0.3, -0.25) is 0 Å². The molecule has 1 aromatic carbocycles. The molecule has 0 atom stereocenters. The average molecular weight is 364 g/mol. The Labute approximate surface area is 142 Å². The number of nitrogens with zero attached hydrogens (tertiary/aromatic N) is 4. The summed E-state index contributed by atoms with van der Waals surface area (Å²) in [6, 6.07) is 3.59. The fourth-order valence-corrected chi connectivity index (χ4v) is 2.76. The van der Waals surface area contributed by atoms with Crippen LogP contribution in [0.5, 0.6) is 0 Å². The largest absolute Gasteiger partial charge is 0.383 e. The number of halogens is 1. The first-order valence-electron chi connectivity index (χ1n) is 6.94. The maximum atomic E-state index is 13.9. The van der Waals surface area contributed by atoms with Crippen molar-refractivity contribution >= 4 is 27.3 Å². The first-order valence-corrected chi connectivity index (χ1v) is 8.83. The number of rotatable bonds is 4. The molecule has 130 valence electrons. The Kier molecular flexibility index (Phi) is 4.08. The highest BCUT2D eigenvalue weighted by atomic mass is 32.2. The van der Waals surface area contributed by atoms with Crippen LogP contribution in [0.15, 0.2) is 33.8 Å². The van der Waals surface area contributed by atoms with Gasteiger partial charge in [0.25, 0.3) is 5.89 Å². The fraction of sp³-hybridized carbons (Fsp3) is 0.143. The van der Waals surface area contributed by atoms with E-state index in [-0.39, 0.29) is 28.2 Å². The summed E-state index contributed by atoms with van der Waals surface area (Å²) in [6.45, 7) is 1.66. The van der Waals surface area contributed by atoms with E-state index in [0.29, 0.717) is 11.4 Å². The quantitative estimate of drug-likeness (QED) is 0.708. The van der Waals surface area contributed by atoms with Crippen molar-refractivity contribution in [3.63, 3.8) is 0 Å². The second kappa shape index (κ2) is 6.09. The summed E-state index contributed by atoms with van der Waals surface area (Å²) >= 11 is 0. The molecule has 0 aliphatic rings. The Morgan fingerprint density at radius 1 is 1.28 bits per heavy atom. The van der Waals surface area contributed by atoms with Gasteiger partial charge in [0.05, 0.1) is 0 Å². The van der Waals surface area contributed by atoms with Gasteiger partial charge in [0.1, 0.15) is 22.1 Å². The molecule has 0 radical (unpaired) electrons. The number of nitrogens with two attached hydrogens (primary N) is 1. The van der Waals surface area contributed by atoms with Crippen LogP contribution in [0.4, 0.5) is 21.8 Å². The second-order valence-electron chi connectivity index (χ2n) is 5.18. The van der Waals surface area contributed by atoms with E-state index in [2.05, 4.69) is 25.4 Å². The van der Waals surface area contributed by atoms with Gasteiger partial charge in [-0.25, -0.2) is 17.8 Å². The van der Waals surface area contributed by atoms with Crippen LogP contribution in [-0.2, 0) is 9.84 Å². The van der Waals surface area contributed by atoms with Crippen LogP contribution in [0.1, 0.15) is 5.82 Å². The van der Waals surface area contributed by atoms with E-state index < -0.39 is 15.7 Å². The molecule has 3 rings (SSSR count). The number of benzene rings is 1. The van der Waals surface area contributed by atoms with E-state index in [9.17, 15) is 12.8 Å². The Morgan fingerprint density at radius 3 is 2.60 bits per heavy atom. The van der Waals surface area contributed by atoms with E-state index in [1.165, 1.54) is 12.3 Å². The van der Waals surface area contributed by atoms with Crippen LogP contribution >= 0.6 is 0 Å². The number of nitrogen functional groups attached to an aromatic ring is 1. The number of aryl methyl sites for hydroxylation is 1. The number of aromatic nitrogens is 4. The van der Waals surface area contributed by atoms with Gasteiger partial charge in [0.2, 0.25) is 5.95 Å². The molecule has 3 N–H and O–H groups in total. The van der Waals surface area contributed by atoms with E-state index >= 15 is 0 Å². The van der Waals surface area contributed by atoms with Gasteiger partial charge in [0, 0.05) is 18.1 Å². The minimum Gasteiger partial charge on any atom is -0.383 e. The number of nitrogens with one attached hydrogen (secondary N) is 1. The monoisotopic (exact) mass is 364 g/mol. The Hall–Kier alpha value is -3.08. The van der Waals surface area contributed by atoms with Gasteiger partial charge in [-0.05, 0) is 25.1 Å². The van der Waals surface area contributed by atoms with Gasteiger partial charge in [-0.1, -0.05) is 5.16 Å². The summed E-state index contributed by atoms with van der Waals surface area (Å²) in [5.41, 5.74) is 6.49. The van der Waals surface area contributed by atoms with Gasteiger partial charge >= 0.3 is 0 Å². The van der Waals surface area contributed by atoms with E-state index in [0.717, 1.165) is 18.4 Å². The zero-order valence-electron chi connectivity index (χ0n) is 13.2. The summed E-state index contributed by atoms with van der Waals surface area (Å²) < 4.78 is 41.7. The van der Waals surface area contributed by atoms with Crippen LogP contribution in [0.3, 0.4) is 0 Å². The number of hydrogen-bond acceptors (Lipinski definition) is 9. The smallest absolute Gasteiger partial charge is 0.263 e. The summed E-state index contributed by atoms with van der Waals surface area (Å²) in [7, 11) is -3.64. The van der Waals surface area contributed by atoms with Crippen molar-refractivity contribution in [3.8, 4) is 11.5 Å². The summed E-state index contributed by atoms with van der Waals surface area (Å²) in [6.07, 6.45) is 2.32. The molecule has 2 aromatic heterocycles. The summed E-state index contributed by atoms with van der Waals surface area (Å²) in [4.78, 5) is 11.7. The molecule has 0 fully saturated rings. The third-order valence-corrected chi connectivity index (χ3v) is 4.29. The Bertz CT molecular complexity index is 1050. The highest BCUT2D eigenvalue weighted by Crippen LogP contribution is 2.25. The van der Waals surface area contributed by atoms with Crippen LogP contribution in [0.2, 0.25) is 0 Å². The Morgan fingerprint density at radius 2 is 2.04 bits per heavy atom. The zero-order chi connectivity index (χ0) is 18.2. The lowest BCUT2D eigenvalue weighted by molar-refractivity contribution is 0.425. The molecule has 0 saturated carbocycles. The van der Waals surface area contributed by atoms with Crippen LogP contribution < -0.4 is 11.1 Å². The molecule has 0 saturated heterocycles. The Balaban J connectivity index is 1.87. The maximum absolute atomic E-state index is 13.9. The molecule has 9 nitrogen and oxygen atoms in total. The van der Waals surface area contributed by atoms with Crippen molar-refractivity contribution in [2.75, 3.05) is 17.3 Å². The molecule has 0 amide bonds. The lowest BCUT2D eigenvalue weighted by Crippen LogP contribution is -2.04. The van der Waals surface area contributed by atoms with Crippen LogP contribution in [0.25, 0.3) is 11.5 Å². The first kappa shape index (κ1) is 16.8. The highest BCUT2D eigenvalue weighted by Gasteiger charge is 2.15. The van der Waals surface area contributed by atoms with Gasteiger partial charge in [-0.15, -0.1) is 0 Å². The SMILES string of the molecule is Cc1noc(-c2cnc(Nc3ccc(S(C)(=O)=O)c(F)c3)nc2N)n1. The third kappa shape index (κ3) is 3.55. The molecule has 0 unspecified atom stereocenters. The third-order valence-electron chi connectivity index (χ3n) is 3.16. The second-order valence-corrected chi connectivity index (χ2v) is 7.17. The maximum Gasteiger partial charge on any atom is 0.263 e. The molecule has 11 heteroatoms. The fourth-order valence-electron chi connectivity index (χ4n) is 2.03. The van der Waals surface area contributed by atoms with E-state index in [4.69, 9.17) is 10.3 Å². The standard InChI is InChI=1S/C14H13FN6O3S/c1-7-18-13(24-21-7)9-6-17-14(20-12(9)16)19-8-3-4-11(10(15)5-8)25(2,22)23/h3-6H,1-2H3,(H3,16,17,19,20). The van der Waals surface area contributed by atoms with Crippen LogP contribution in [-0.4, -0.2) is 34.8 Å². The van der Waals surface area contributed by atoms with Crippen molar-refractivity contribution in [2.45, 2.75) is 11.8 Å². The number of sulfone groups is 1. The van der Waals surface area contributed by atoms with Crippen molar-refractivity contribution in [2.24, 2.45) is 0 Å². The summed E-state index contributed by atoms with van der Waals surface area (Å²) in [5, 5.41) is 6.40. The molecule has 0 bridgehead atoms. The van der Waals surface area contributed by atoms with Gasteiger partial charge < -0.3 is 15.6 Å². The van der Waals surface area contributed by atoms with E-state index in [1.54, 1.807) is 6.92 Å². The molecule has 0 aliphatic carbocycles. The van der Waals surface area contributed by atoms with Crippen molar-refractivity contribution in [1.82, 2.24) is 20.1 Å². The topological polar surface area (TPSA) is 137 Å². The highest BCUT2D eigenvalue weighted by molar-refractivity contribution is 7.90. The summed E-state index contributed by atoms with van der Waals surface area (Å²) in [5.74, 6) is -0.0556. The van der Waals surface area contributed by atoms with Crippen molar-refractivity contribution in [3.05, 3.63) is 36.0 Å². The molecule has 2 heterocycles. The predicted octanol–water partition coefficient (Wildman–Crippen LogP) is 1.70. The lowest BCUT2D eigenvalue weighted by Gasteiger charge is -2.08. The van der Waals surface area contributed by atoms with Crippen molar-refractivity contribution in [1.29, 1.82) is 0 Å². The van der Waals surface area contributed by atoms with E-state index in [1.807, 2.05) is 0 Å². The average Bonchev–Trinajstić information content (AvgIpc) is 2.92. The number of anilines is 3. The molecular weight excluding hydrogens is 351 g/mol. The number of hydrogen-bond donors (Lipinski definition) is 2. The molecule has 3 aromatic rings. The van der Waals surface area contributed by atoms with Gasteiger partial charge in [0.15, 0.2) is 15.7 Å². The van der Waals surface area contributed by atoms with Crippen molar-refractivity contribution < 1.29 is 17.3 Å². The minimum atomic E-state index is -3.64. The van der Waals surface area contributed by atoms with Crippen LogP contribution in [0, 0.1) is 12.7 Å². The molecule has 0 aliphatic heterocycles. The molecule has 0 spiro atoms. The van der Waals surface area contributed by atoms with Gasteiger partial charge in [-0.2, -0.15) is 9.97 Å². The molecule has 25 heavy (non-hydrogen) atoms. The minimum absolute atomic E-state index is 0.0920. The normalized spacial score (nSPS) is 11.5. The lowest BCUT2D eigenvalue weighted by atomic mass is 10.3.